The fourth-order valence-corrected chi connectivity index (χ4v) is 8.76. The number of hydrogen-bond donors (Lipinski definition) is 1. The number of fused-ring (bicyclic) bond motifs is 5. The molecule has 1 aliphatic heterocycles. The van der Waals surface area contributed by atoms with Crippen molar-refractivity contribution in [2.45, 2.75) is 120 Å². The zero-order chi connectivity index (χ0) is 23.7. The highest BCUT2D eigenvalue weighted by Crippen LogP contribution is 2.67. The van der Waals surface area contributed by atoms with Crippen molar-refractivity contribution in [3.8, 4) is 0 Å². The van der Waals surface area contributed by atoms with E-state index in [0.29, 0.717) is 17.8 Å². The second-order valence-corrected chi connectivity index (χ2v) is 12.4. The highest BCUT2D eigenvalue weighted by atomic mass is 16.1. The third-order valence-electron chi connectivity index (χ3n) is 10.5. The maximum Gasteiger partial charge on any atom is 0.224 e. The summed E-state index contributed by atoms with van der Waals surface area (Å²) in [6.07, 6.45) is 15.4. The second kappa shape index (κ2) is 10.2. The molecule has 0 aromatic rings. The number of rotatable bonds is 6. The van der Waals surface area contributed by atoms with Crippen LogP contribution in [0.5, 0.6) is 0 Å². The SMILES string of the molecule is CC.CC[C@H]1C=C2NC(=O)CC[C@]2(C)C2CC[C@]3(C)C(C(C)CCCC(C)C)CCC3C21. The van der Waals surface area contributed by atoms with Crippen molar-refractivity contribution in [1.82, 2.24) is 5.32 Å². The van der Waals surface area contributed by atoms with E-state index in [0.717, 1.165) is 41.9 Å². The number of amides is 1. The summed E-state index contributed by atoms with van der Waals surface area (Å²) in [5.74, 6) is 5.98. The van der Waals surface area contributed by atoms with E-state index in [-0.39, 0.29) is 11.3 Å². The normalized spacial score (nSPS) is 41.5. The summed E-state index contributed by atoms with van der Waals surface area (Å²) in [6.45, 7) is 18.8. The van der Waals surface area contributed by atoms with Crippen LogP contribution in [0.2, 0.25) is 0 Å². The van der Waals surface area contributed by atoms with Gasteiger partial charge in [-0.1, -0.05) is 80.7 Å². The summed E-state index contributed by atoms with van der Waals surface area (Å²) < 4.78 is 0. The molecular formula is C30H53NO. The van der Waals surface area contributed by atoms with Crippen LogP contribution in [-0.2, 0) is 4.79 Å². The van der Waals surface area contributed by atoms with E-state index in [1.165, 1.54) is 57.1 Å². The van der Waals surface area contributed by atoms with E-state index in [2.05, 4.69) is 52.9 Å². The molecule has 32 heavy (non-hydrogen) atoms. The molecule has 3 aliphatic carbocycles. The minimum atomic E-state index is 0.201. The molecule has 1 heterocycles. The summed E-state index contributed by atoms with van der Waals surface area (Å²) in [4.78, 5) is 12.1. The molecule has 4 aliphatic rings. The molecule has 1 amide bonds. The fraction of sp³-hybridized carbons (Fsp3) is 0.900. The van der Waals surface area contributed by atoms with E-state index in [1.54, 1.807) is 0 Å². The Bertz CT molecular complexity index is 680. The van der Waals surface area contributed by atoms with Crippen molar-refractivity contribution >= 4 is 5.91 Å². The summed E-state index contributed by atoms with van der Waals surface area (Å²) in [6, 6.07) is 0. The summed E-state index contributed by atoms with van der Waals surface area (Å²) in [7, 11) is 0. The average Bonchev–Trinajstić information content (AvgIpc) is 3.12. The molecule has 4 rings (SSSR count). The molecule has 0 aromatic heterocycles. The molecule has 0 spiro atoms. The zero-order valence-corrected chi connectivity index (χ0v) is 22.6. The predicted octanol–water partition coefficient (Wildman–Crippen LogP) is 8.37. The Labute approximate surface area is 199 Å². The second-order valence-electron chi connectivity index (χ2n) is 12.4. The maximum atomic E-state index is 12.1. The van der Waals surface area contributed by atoms with Crippen LogP contribution in [0.3, 0.4) is 0 Å². The molecule has 5 unspecified atom stereocenters. The van der Waals surface area contributed by atoms with Gasteiger partial charge in [0, 0.05) is 17.5 Å². The van der Waals surface area contributed by atoms with E-state index in [1.807, 2.05) is 13.8 Å². The van der Waals surface area contributed by atoms with Gasteiger partial charge >= 0.3 is 0 Å². The van der Waals surface area contributed by atoms with Gasteiger partial charge < -0.3 is 5.32 Å². The molecule has 1 N–H and O–H groups in total. The third kappa shape index (κ3) is 4.46. The van der Waals surface area contributed by atoms with E-state index >= 15 is 0 Å². The first kappa shape index (κ1) is 25.8. The van der Waals surface area contributed by atoms with Gasteiger partial charge in [-0.2, -0.15) is 0 Å². The third-order valence-corrected chi connectivity index (χ3v) is 10.5. The molecule has 0 aromatic carbocycles. The Morgan fingerprint density at radius 2 is 1.75 bits per heavy atom. The first-order chi connectivity index (χ1) is 15.2. The number of carbonyl (C=O) groups excluding carboxylic acids is 1. The molecule has 2 heteroatoms. The smallest absolute Gasteiger partial charge is 0.224 e. The van der Waals surface area contributed by atoms with Gasteiger partial charge in [-0.3, -0.25) is 4.79 Å². The highest BCUT2D eigenvalue weighted by Gasteiger charge is 2.61. The lowest BCUT2D eigenvalue weighted by atomic mass is 9.46. The molecule has 1 saturated heterocycles. The number of allylic oxidation sites excluding steroid dienone is 2. The van der Waals surface area contributed by atoms with Gasteiger partial charge in [-0.05, 0) is 85.4 Å². The molecule has 3 fully saturated rings. The van der Waals surface area contributed by atoms with Crippen molar-refractivity contribution in [1.29, 1.82) is 0 Å². The summed E-state index contributed by atoms with van der Waals surface area (Å²) in [5, 5.41) is 3.31. The van der Waals surface area contributed by atoms with Crippen LogP contribution < -0.4 is 5.32 Å². The van der Waals surface area contributed by atoms with Gasteiger partial charge in [0.05, 0.1) is 0 Å². The minimum absolute atomic E-state index is 0.201. The van der Waals surface area contributed by atoms with Gasteiger partial charge in [0.25, 0.3) is 0 Å². The van der Waals surface area contributed by atoms with Crippen molar-refractivity contribution < 1.29 is 4.79 Å². The van der Waals surface area contributed by atoms with Gasteiger partial charge in [-0.25, -0.2) is 0 Å². The topological polar surface area (TPSA) is 29.1 Å². The van der Waals surface area contributed by atoms with E-state index < -0.39 is 0 Å². The Balaban J connectivity index is 0.00000141. The Hall–Kier alpha value is -0.790. The number of carbonyl (C=O) groups is 1. The Morgan fingerprint density at radius 3 is 2.41 bits per heavy atom. The first-order valence-electron chi connectivity index (χ1n) is 14.2. The Morgan fingerprint density at radius 1 is 1.03 bits per heavy atom. The monoisotopic (exact) mass is 443 g/mol. The standard InChI is InChI=1S/C28H47NO.C2H6/c1-7-20-17-24-28(6,16-14-25(30)29-24)23-13-15-27(5)21(11-12-22(27)26(20)23)19(4)10-8-9-18(2)3;1-2/h17-23,26H,7-16H2,1-6H3,(H,29,30);1-2H3/t19?,20-,21?,22?,23?,26?,27+,28+;/m0./s1. The average molecular weight is 444 g/mol. The number of piperidine rings is 1. The quantitative estimate of drug-likeness (QED) is 0.439. The lowest BCUT2D eigenvalue weighted by molar-refractivity contribution is -0.126. The van der Waals surface area contributed by atoms with Crippen LogP contribution in [0, 0.1) is 52.3 Å². The van der Waals surface area contributed by atoms with Crippen LogP contribution in [0.1, 0.15) is 120 Å². The maximum absolute atomic E-state index is 12.1. The van der Waals surface area contributed by atoms with Gasteiger partial charge in [0.1, 0.15) is 0 Å². The molecule has 2 saturated carbocycles. The van der Waals surface area contributed by atoms with Gasteiger partial charge in [0.15, 0.2) is 0 Å². The van der Waals surface area contributed by atoms with Crippen molar-refractivity contribution in [2.75, 3.05) is 0 Å². The molecule has 0 radical (unpaired) electrons. The van der Waals surface area contributed by atoms with Gasteiger partial charge in [0.2, 0.25) is 5.91 Å². The van der Waals surface area contributed by atoms with Crippen LogP contribution in [0.4, 0.5) is 0 Å². The number of hydrogen-bond acceptors (Lipinski definition) is 1. The zero-order valence-electron chi connectivity index (χ0n) is 22.6. The van der Waals surface area contributed by atoms with E-state index in [9.17, 15) is 4.79 Å². The highest BCUT2D eigenvalue weighted by molar-refractivity contribution is 5.79. The summed E-state index contributed by atoms with van der Waals surface area (Å²) in [5.41, 5.74) is 2.02. The Kier molecular flexibility index (Phi) is 8.25. The fourth-order valence-electron chi connectivity index (χ4n) is 8.76. The lowest BCUT2D eigenvalue weighted by Crippen LogP contribution is -2.55. The first-order valence-corrected chi connectivity index (χ1v) is 14.2. The lowest BCUT2D eigenvalue weighted by Gasteiger charge is -2.59. The van der Waals surface area contributed by atoms with Crippen molar-refractivity contribution in [2.24, 2.45) is 52.3 Å². The molecule has 0 bridgehead atoms. The van der Waals surface area contributed by atoms with Crippen LogP contribution in [0.25, 0.3) is 0 Å². The number of nitrogens with one attached hydrogen (secondary N) is 1. The summed E-state index contributed by atoms with van der Waals surface area (Å²) >= 11 is 0. The van der Waals surface area contributed by atoms with Gasteiger partial charge in [-0.15, -0.1) is 0 Å². The van der Waals surface area contributed by atoms with E-state index in [4.69, 9.17) is 0 Å². The van der Waals surface area contributed by atoms with Crippen LogP contribution in [0.15, 0.2) is 11.8 Å². The molecule has 2 nitrogen and oxygen atoms in total. The molecule has 184 valence electrons. The van der Waals surface area contributed by atoms with Crippen LogP contribution >= 0.6 is 0 Å². The minimum Gasteiger partial charge on any atom is -0.330 e. The van der Waals surface area contributed by atoms with Crippen LogP contribution in [-0.4, -0.2) is 5.91 Å². The van der Waals surface area contributed by atoms with Crippen molar-refractivity contribution in [3.05, 3.63) is 11.8 Å². The predicted molar refractivity (Wildman–Crippen MR) is 137 cm³/mol. The molecular weight excluding hydrogens is 390 g/mol. The van der Waals surface area contributed by atoms with Crippen molar-refractivity contribution in [3.63, 3.8) is 0 Å². The molecule has 8 atom stereocenters. The largest absolute Gasteiger partial charge is 0.330 e.